The molecule has 0 aliphatic rings. The fraction of sp³-hybridized carbons (Fsp3) is 0.462. The van der Waals surface area contributed by atoms with E-state index in [9.17, 15) is 4.79 Å². The maximum absolute atomic E-state index is 11.9. The Morgan fingerprint density at radius 1 is 1.31 bits per heavy atom. The molecule has 1 amide bonds. The highest BCUT2D eigenvalue weighted by Crippen LogP contribution is 2.13. The summed E-state index contributed by atoms with van der Waals surface area (Å²) in [6, 6.07) is 7.32. The second-order valence-electron chi connectivity index (χ2n) is 4.24. The Hall–Kier alpha value is -1.51. The number of hydrogen-bond acceptors (Lipinski definition) is 2. The van der Waals surface area contributed by atoms with E-state index in [1.54, 1.807) is 19.2 Å². The molecule has 3 nitrogen and oxygen atoms in total. The van der Waals surface area contributed by atoms with Crippen molar-refractivity contribution in [3.05, 3.63) is 29.8 Å². The SMILES string of the molecule is COc1cccc(C(=O)NC(C)C(C)C)c1. The van der Waals surface area contributed by atoms with E-state index >= 15 is 0 Å². The van der Waals surface area contributed by atoms with Gasteiger partial charge in [-0.05, 0) is 31.0 Å². The van der Waals surface area contributed by atoms with Crippen LogP contribution in [0.3, 0.4) is 0 Å². The molecule has 0 aliphatic carbocycles. The zero-order chi connectivity index (χ0) is 12.1. The summed E-state index contributed by atoms with van der Waals surface area (Å²) in [4.78, 5) is 11.9. The van der Waals surface area contributed by atoms with Gasteiger partial charge in [0.2, 0.25) is 0 Å². The first-order valence-electron chi connectivity index (χ1n) is 5.49. The van der Waals surface area contributed by atoms with Crippen LogP contribution in [0.5, 0.6) is 5.75 Å². The van der Waals surface area contributed by atoms with E-state index in [4.69, 9.17) is 4.74 Å². The summed E-state index contributed by atoms with van der Waals surface area (Å²) in [5.74, 6) is 1.07. The van der Waals surface area contributed by atoms with Crippen LogP contribution in [0.25, 0.3) is 0 Å². The van der Waals surface area contributed by atoms with Crippen molar-refractivity contribution in [3.63, 3.8) is 0 Å². The molecule has 1 unspecified atom stereocenters. The smallest absolute Gasteiger partial charge is 0.251 e. The fourth-order valence-corrected chi connectivity index (χ4v) is 1.22. The van der Waals surface area contributed by atoms with Crippen molar-refractivity contribution in [2.45, 2.75) is 26.8 Å². The third-order valence-electron chi connectivity index (χ3n) is 2.69. The number of ether oxygens (including phenoxy) is 1. The van der Waals surface area contributed by atoms with E-state index < -0.39 is 0 Å². The Morgan fingerprint density at radius 2 is 2.00 bits per heavy atom. The highest BCUT2D eigenvalue weighted by molar-refractivity contribution is 5.94. The molecular formula is C13H19NO2. The summed E-state index contributed by atoms with van der Waals surface area (Å²) in [6.45, 7) is 6.16. The van der Waals surface area contributed by atoms with Crippen LogP contribution in [0.4, 0.5) is 0 Å². The van der Waals surface area contributed by atoms with E-state index in [1.807, 2.05) is 19.1 Å². The van der Waals surface area contributed by atoms with Crippen LogP contribution in [-0.2, 0) is 0 Å². The maximum Gasteiger partial charge on any atom is 0.251 e. The summed E-state index contributed by atoms with van der Waals surface area (Å²) in [5.41, 5.74) is 0.631. The minimum atomic E-state index is -0.0555. The van der Waals surface area contributed by atoms with Crippen LogP contribution >= 0.6 is 0 Å². The molecule has 88 valence electrons. The predicted octanol–water partition coefficient (Wildman–Crippen LogP) is 2.47. The summed E-state index contributed by atoms with van der Waals surface area (Å²) < 4.78 is 5.08. The lowest BCUT2D eigenvalue weighted by atomic mass is 10.1. The third kappa shape index (κ3) is 3.26. The first-order valence-corrected chi connectivity index (χ1v) is 5.49. The molecule has 1 aromatic carbocycles. The average molecular weight is 221 g/mol. The molecule has 1 aromatic rings. The number of rotatable bonds is 4. The predicted molar refractivity (Wildman–Crippen MR) is 64.8 cm³/mol. The normalized spacial score (nSPS) is 12.3. The molecular weight excluding hydrogens is 202 g/mol. The van der Waals surface area contributed by atoms with Gasteiger partial charge in [0.15, 0.2) is 0 Å². The van der Waals surface area contributed by atoms with Gasteiger partial charge >= 0.3 is 0 Å². The zero-order valence-corrected chi connectivity index (χ0v) is 10.3. The molecule has 0 fully saturated rings. The Kier molecular flexibility index (Phi) is 4.35. The first-order chi connectivity index (χ1) is 7.54. The summed E-state index contributed by atoms with van der Waals surface area (Å²) in [5, 5.41) is 2.95. The first kappa shape index (κ1) is 12.6. The number of carbonyl (C=O) groups excluding carboxylic acids is 1. The molecule has 0 radical (unpaired) electrons. The highest BCUT2D eigenvalue weighted by Gasteiger charge is 2.12. The number of hydrogen-bond donors (Lipinski definition) is 1. The summed E-state index contributed by atoms with van der Waals surface area (Å²) in [6.07, 6.45) is 0. The van der Waals surface area contributed by atoms with Gasteiger partial charge < -0.3 is 10.1 Å². The average Bonchev–Trinajstić information content (AvgIpc) is 2.28. The van der Waals surface area contributed by atoms with E-state index in [-0.39, 0.29) is 11.9 Å². The Morgan fingerprint density at radius 3 is 2.56 bits per heavy atom. The third-order valence-corrected chi connectivity index (χ3v) is 2.69. The van der Waals surface area contributed by atoms with Crippen LogP contribution in [-0.4, -0.2) is 19.1 Å². The minimum Gasteiger partial charge on any atom is -0.497 e. The lowest BCUT2D eigenvalue weighted by molar-refractivity contribution is 0.0930. The largest absolute Gasteiger partial charge is 0.497 e. The molecule has 0 heterocycles. The molecule has 0 aromatic heterocycles. The fourth-order valence-electron chi connectivity index (χ4n) is 1.22. The number of benzene rings is 1. The van der Waals surface area contributed by atoms with E-state index in [0.29, 0.717) is 17.2 Å². The van der Waals surface area contributed by atoms with Crippen LogP contribution in [0, 0.1) is 5.92 Å². The van der Waals surface area contributed by atoms with Crippen molar-refractivity contribution in [1.82, 2.24) is 5.32 Å². The number of methoxy groups -OCH3 is 1. The molecule has 0 saturated carbocycles. The van der Waals surface area contributed by atoms with E-state index in [0.717, 1.165) is 0 Å². The second-order valence-corrected chi connectivity index (χ2v) is 4.24. The maximum atomic E-state index is 11.9. The highest BCUT2D eigenvalue weighted by atomic mass is 16.5. The van der Waals surface area contributed by atoms with Crippen LogP contribution in [0.15, 0.2) is 24.3 Å². The van der Waals surface area contributed by atoms with Gasteiger partial charge in [0.25, 0.3) is 5.91 Å². The molecule has 0 spiro atoms. The van der Waals surface area contributed by atoms with Gasteiger partial charge in [0.1, 0.15) is 5.75 Å². The molecule has 0 saturated heterocycles. The molecule has 0 bridgehead atoms. The quantitative estimate of drug-likeness (QED) is 0.848. The Labute approximate surface area is 96.8 Å². The summed E-state index contributed by atoms with van der Waals surface area (Å²) >= 11 is 0. The zero-order valence-electron chi connectivity index (χ0n) is 10.3. The van der Waals surface area contributed by atoms with Crippen molar-refractivity contribution in [1.29, 1.82) is 0 Å². The van der Waals surface area contributed by atoms with Gasteiger partial charge in [0.05, 0.1) is 7.11 Å². The number of amides is 1. The topological polar surface area (TPSA) is 38.3 Å². The second kappa shape index (κ2) is 5.54. The van der Waals surface area contributed by atoms with Crippen molar-refractivity contribution < 1.29 is 9.53 Å². The van der Waals surface area contributed by atoms with Gasteiger partial charge in [-0.2, -0.15) is 0 Å². The van der Waals surface area contributed by atoms with Gasteiger partial charge in [0, 0.05) is 11.6 Å². The number of carbonyl (C=O) groups is 1. The Bertz CT molecular complexity index is 361. The lowest BCUT2D eigenvalue weighted by Crippen LogP contribution is -2.36. The van der Waals surface area contributed by atoms with Gasteiger partial charge in [-0.1, -0.05) is 19.9 Å². The van der Waals surface area contributed by atoms with Gasteiger partial charge in [-0.15, -0.1) is 0 Å². The molecule has 3 heteroatoms. The molecule has 0 aliphatic heterocycles. The van der Waals surface area contributed by atoms with Crippen molar-refractivity contribution in [2.24, 2.45) is 5.92 Å². The van der Waals surface area contributed by atoms with Crippen molar-refractivity contribution in [2.75, 3.05) is 7.11 Å². The molecule has 16 heavy (non-hydrogen) atoms. The number of nitrogens with one attached hydrogen (secondary N) is 1. The minimum absolute atomic E-state index is 0.0555. The summed E-state index contributed by atoms with van der Waals surface area (Å²) in [7, 11) is 1.59. The van der Waals surface area contributed by atoms with Crippen molar-refractivity contribution in [3.8, 4) is 5.75 Å². The van der Waals surface area contributed by atoms with Crippen LogP contribution in [0.2, 0.25) is 0 Å². The van der Waals surface area contributed by atoms with E-state index in [2.05, 4.69) is 19.2 Å². The monoisotopic (exact) mass is 221 g/mol. The molecule has 1 atom stereocenters. The lowest BCUT2D eigenvalue weighted by Gasteiger charge is -2.17. The van der Waals surface area contributed by atoms with Crippen LogP contribution in [0.1, 0.15) is 31.1 Å². The standard InChI is InChI=1S/C13H19NO2/c1-9(2)10(3)14-13(15)11-6-5-7-12(8-11)16-4/h5-10H,1-4H3,(H,14,15). The van der Waals surface area contributed by atoms with Crippen molar-refractivity contribution >= 4 is 5.91 Å². The molecule has 1 rings (SSSR count). The van der Waals surface area contributed by atoms with Gasteiger partial charge in [-0.3, -0.25) is 4.79 Å². The van der Waals surface area contributed by atoms with Crippen LogP contribution < -0.4 is 10.1 Å². The van der Waals surface area contributed by atoms with E-state index in [1.165, 1.54) is 0 Å². The Balaban J connectivity index is 2.72. The molecule has 1 N–H and O–H groups in total. The van der Waals surface area contributed by atoms with Gasteiger partial charge in [-0.25, -0.2) is 0 Å².